The van der Waals surface area contributed by atoms with Crippen LogP contribution in [0.15, 0.2) is 0 Å². The van der Waals surface area contributed by atoms with Gasteiger partial charge in [-0.3, -0.25) is 4.79 Å². The largest absolute Gasteiger partial charge is 0.281 e. The highest BCUT2D eigenvalue weighted by molar-refractivity contribution is 5.81. The summed E-state index contributed by atoms with van der Waals surface area (Å²) in [4.78, 5) is 11.0. The van der Waals surface area contributed by atoms with Crippen LogP contribution in [-0.2, 0) is 4.79 Å². The van der Waals surface area contributed by atoms with Gasteiger partial charge in [-0.05, 0) is 6.42 Å². The van der Waals surface area contributed by atoms with E-state index in [0.29, 0.717) is 12.5 Å². The second kappa shape index (κ2) is 2.32. The van der Waals surface area contributed by atoms with Crippen LogP contribution in [0.2, 0.25) is 0 Å². The van der Waals surface area contributed by atoms with Crippen molar-refractivity contribution in [3.63, 3.8) is 0 Å². The fourth-order valence-electron chi connectivity index (χ4n) is 1.93. The summed E-state index contributed by atoms with van der Waals surface area (Å²) in [6.45, 7) is 2.10. The van der Waals surface area contributed by atoms with Crippen LogP contribution in [-0.4, -0.2) is 22.3 Å². The first-order chi connectivity index (χ1) is 5.27. The fraction of sp³-hybridized carbons (Fsp3) is 0.750. The highest BCUT2D eigenvalue weighted by atomic mass is 16.2. The molecule has 11 heavy (non-hydrogen) atoms. The van der Waals surface area contributed by atoms with E-state index in [1.807, 2.05) is 4.68 Å². The van der Waals surface area contributed by atoms with Crippen LogP contribution in [0.4, 0.5) is 0 Å². The van der Waals surface area contributed by atoms with E-state index in [2.05, 4.69) is 12.3 Å². The zero-order chi connectivity index (χ0) is 7.84. The normalized spacial score (nSPS) is 30.3. The first-order valence-electron chi connectivity index (χ1n) is 4.18. The Kier molecular flexibility index (Phi) is 1.44. The number of amides is 1. The molecule has 1 N–H and O–H groups in total. The Labute approximate surface area is 66.1 Å². The number of carbonyl (C=O) groups is 1. The van der Waals surface area contributed by atoms with Gasteiger partial charge in [-0.25, -0.2) is 0 Å². The predicted octanol–water partition coefficient (Wildman–Crippen LogP) is 0.447. The van der Waals surface area contributed by atoms with E-state index in [9.17, 15) is 4.79 Å². The summed E-state index contributed by atoms with van der Waals surface area (Å²) in [6, 6.07) is 0.455. The summed E-state index contributed by atoms with van der Waals surface area (Å²) in [6.07, 6.45) is 4.23. The molecular formula is C8H13N2O+. The Morgan fingerprint density at radius 2 is 2.45 bits per heavy atom. The first kappa shape index (κ1) is 6.83. The molecule has 60 valence electrons. The summed E-state index contributed by atoms with van der Waals surface area (Å²) in [7, 11) is 0. The van der Waals surface area contributed by atoms with Gasteiger partial charge in [0.2, 0.25) is 0 Å². The van der Waals surface area contributed by atoms with Crippen molar-refractivity contribution >= 4 is 11.6 Å². The molecule has 0 aromatic carbocycles. The summed E-state index contributed by atoms with van der Waals surface area (Å²) in [5, 5.41) is 0. The van der Waals surface area contributed by atoms with Gasteiger partial charge in [-0.1, -0.05) is 0 Å². The third kappa shape index (κ3) is 1.04. The van der Waals surface area contributed by atoms with Gasteiger partial charge in [0.05, 0.1) is 6.42 Å². The number of nitrogens with one attached hydrogen (secondary N) is 1. The number of nitrogens with zero attached hydrogens (tertiary/aromatic N) is 1. The van der Waals surface area contributed by atoms with Crippen molar-refractivity contribution in [1.82, 2.24) is 5.43 Å². The maximum atomic E-state index is 11.0. The average molecular weight is 153 g/mol. The lowest BCUT2D eigenvalue weighted by molar-refractivity contribution is -0.598. The molecule has 0 aromatic heterocycles. The number of rotatable bonds is 0. The molecule has 2 aliphatic rings. The lowest BCUT2D eigenvalue weighted by Crippen LogP contribution is -2.36. The Morgan fingerprint density at radius 1 is 1.64 bits per heavy atom. The van der Waals surface area contributed by atoms with E-state index in [-0.39, 0.29) is 5.91 Å². The van der Waals surface area contributed by atoms with Gasteiger partial charge in [0.25, 0.3) is 5.91 Å². The summed E-state index contributed by atoms with van der Waals surface area (Å²) in [5.41, 5.74) is 4.18. The van der Waals surface area contributed by atoms with Crippen molar-refractivity contribution in [2.45, 2.75) is 38.6 Å². The van der Waals surface area contributed by atoms with Crippen LogP contribution in [0.1, 0.15) is 32.6 Å². The molecule has 1 amide bonds. The summed E-state index contributed by atoms with van der Waals surface area (Å²) in [5.74, 6) is 0.177. The molecule has 1 saturated heterocycles. The number of hydrazone groups is 1. The van der Waals surface area contributed by atoms with Crippen LogP contribution in [0, 0.1) is 0 Å². The Morgan fingerprint density at radius 3 is 3.18 bits per heavy atom. The molecule has 2 aliphatic heterocycles. The maximum absolute atomic E-state index is 11.0. The molecule has 1 unspecified atom stereocenters. The van der Waals surface area contributed by atoms with Gasteiger partial charge in [-0.15, -0.1) is 10.1 Å². The number of hydrogen-bond donors (Lipinski definition) is 1. The standard InChI is InChI=1S/C8H12N2O/c1-6-3-2-4-7-5-8(11)9-10(6)7/h7H,2-5H2,1H3/p+1. The monoisotopic (exact) mass is 153 g/mol. The molecule has 2 rings (SSSR count). The summed E-state index contributed by atoms with van der Waals surface area (Å²) < 4.78 is 2.05. The third-order valence-corrected chi connectivity index (χ3v) is 2.52. The molecule has 0 saturated carbocycles. The second-order valence-corrected chi connectivity index (χ2v) is 3.39. The number of hydrazine groups is 1. The van der Waals surface area contributed by atoms with Gasteiger partial charge in [0.1, 0.15) is 0 Å². The van der Waals surface area contributed by atoms with Crippen molar-refractivity contribution in [1.29, 1.82) is 0 Å². The molecular weight excluding hydrogens is 140 g/mol. The molecule has 3 nitrogen and oxygen atoms in total. The minimum absolute atomic E-state index is 0.177. The van der Waals surface area contributed by atoms with E-state index < -0.39 is 0 Å². The van der Waals surface area contributed by atoms with Crippen molar-refractivity contribution in [2.24, 2.45) is 0 Å². The SMILES string of the molecule is CC1=[N+]2NC(=O)CC2CCC1. The highest BCUT2D eigenvalue weighted by Gasteiger charge is 2.37. The van der Waals surface area contributed by atoms with Crippen LogP contribution >= 0.6 is 0 Å². The first-order valence-corrected chi connectivity index (χ1v) is 4.18. The van der Waals surface area contributed by atoms with Gasteiger partial charge in [-0.2, -0.15) is 0 Å². The van der Waals surface area contributed by atoms with Crippen LogP contribution in [0.25, 0.3) is 0 Å². The van der Waals surface area contributed by atoms with Crippen LogP contribution < -0.4 is 5.43 Å². The molecule has 1 fully saturated rings. The van der Waals surface area contributed by atoms with Gasteiger partial charge >= 0.3 is 0 Å². The molecule has 2 heterocycles. The van der Waals surface area contributed by atoms with Crippen molar-refractivity contribution < 1.29 is 9.48 Å². The number of fused-ring (bicyclic) bond motifs is 1. The molecule has 0 aromatic rings. The Balaban J connectivity index is 2.29. The van der Waals surface area contributed by atoms with E-state index in [1.54, 1.807) is 0 Å². The van der Waals surface area contributed by atoms with Crippen LogP contribution in [0.5, 0.6) is 0 Å². The second-order valence-electron chi connectivity index (χ2n) is 3.39. The Hall–Kier alpha value is -0.860. The fourth-order valence-corrected chi connectivity index (χ4v) is 1.93. The number of carbonyl (C=O) groups excluding carboxylic acids is 1. The van der Waals surface area contributed by atoms with Crippen molar-refractivity contribution in [3.8, 4) is 0 Å². The van der Waals surface area contributed by atoms with E-state index in [1.165, 1.54) is 12.1 Å². The maximum Gasteiger partial charge on any atom is 0.281 e. The average Bonchev–Trinajstić information content (AvgIpc) is 2.31. The topological polar surface area (TPSA) is 32.1 Å². The van der Waals surface area contributed by atoms with Crippen molar-refractivity contribution in [2.75, 3.05) is 0 Å². The van der Waals surface area contributed by atoms with Gasteiger partial charge < -0.3 is 0 Å². The molecule has 0 bridgehead atoms. The van der Waals surface area contributed by atoms with E-state index in [0.717, 1.165) is 12.8 Å². The minimum Gasteiger partial charge on any atom is -0.269 e. The quantitative estimate of drug-likeness (QED) is 0.503. The third-order valence-electron chi connectivity index (χ3n) is 2.52. The van der Waals surface area contributed by atoms with Gasteiger partial charge in [0.15, 0.2) is 11.8 Å². The zero-order valence-electron chi connectivity index (χ0n) is 6.76. The molecule has 3 heteroatoms. The van der Waals surface area contributed by atoms with Gasteiger partial charge in [0, 0.05) is 19.8 Å². The Bertz CT molecular complexity index is 232. The molecule has 0 spiro atoms. The minimum atomic E-state index is 0.177. The van der Waals surface area contributed by atoms with Crippen molar-refractivity contribution in [3.05, 3.63) is 0 Å². The van der Waals surface area contributed by atoms with Crippen LogP contribution in [0.3, 0.4) is 0 Å². The van der Waals surface area contributed by atoms with E-state index >= 15 is 0 Å². The lowest BCUT2D eigenvalue weighted by atomic mass is 10.0. The number of hydrogen-bond acceptors (Lipinski definition) is 1. The van der Waals surface area contributed by atoms with E-state index in [4.69, 9.17) is 0 Å². The molecule has 1 atom stereocenters. The summed E-state index contributed by atoms with van der Waals surface area (Å²) >= 11 is 0. The smallest absolute Gasteiger partial charge is 0.269 e. The zero-order valence-corrected chi connectivity index (χ0v) is 6.76. The molecule has 0 aliphatic carbocycles. The lowest BCUT2D eigenvalue weighted by Gasteiger charge is -2.12. The highest BCUT2D eigenvalue weighted by Crippen LogP contribution is 2.18. The predicted molar refractivity (Wildman–Crippen MR) is 41.3 cm³/mol. The molecule has 0 radical (unpaired) electrons.